The standard InChI is InChI=1S/C22H29N3O3/c1-23-22(24-12-5-14-26-15-11-18-6-3-2-4-7-18)25-13-10-19-8-9-20-21(16-19)28-17-27-20/h2-4,6-9,16H,5,10-15,17H2,1H3,(H2,23,24,25). The number of rotatable bonds is 10. The lowest BCUT2D eigenvalue weighted by Gasteiger charge is -2.12. The minimum absolute atomic E-state index is 0.309. The lowest BCUT2D eigenvalue weighted by atomic mass is 10.1. The Hall–Kier alpha value is -2.73. The average Bonchev–Trinajstić information content (AvgIpc) is 3.20. The summed E-state index contributed by atoms with van der Waals surface area (Å²) in [5, 5.41) is 6.66. The number of nitrogens with zero attached hydrogens (tertiary/aromatic N) is 1. The van der Waals surface area contributed by atoms with E-state index in [4.69, 9.17) is 14.2 Å². The molecule has 3 rings (SSSR count). The summed E-state index contributed by atoms with van der Waals surface area (Å²) in [5.41, 5.74) is 2.52. The maximum Gasteiger partial charge on any atom is 0.231 e. The fraction of sp³-hybridized carbons (Fsp3) is 0.409. The molecule has 2 N–H and O–H groups in total. The maximum absolute atomic E-state index is 5.71. The van der Waals surface area contributed by atoms with E-state index in [1.807, 2.05) is 18.2 Å². The van der Waals surface area contributed by atoms with Crippen LogP contribution in [0.15, 0.2) is 53.5 Å². The molecule has 0 aliphatic carbocycles. The van der Waals surface area contributed by atoms with Crippen molar-refractivity contribution in [2.24, 2.45) is 4.99 Å². The van der Waals surface area contributed by atoms with E-state index in [1.54, 1.807) is 7.05 Å². The van der Waals surface area contributed by atoms with Gasteiger partial charge in [0.25, 0.3) is 0 Å². The summed E-state index contributed by atoms with van der Waals surface area (Å²) in [6, 6.07) is 16.5. The molecule has 0 fully saturated rings. The number of ether oxygens (including phenoxy) is 3. The van der Waals surface area contributed by atoms with Gasteiger partial charge in [-0.05, 0) is 42.5 Å². The molecule has 2 aromatic rings. The number of nitrogens with one attached hydrogen (secondary N) is 2. The van der Waals surface area contributed by atoms with Crippen molar-refractivity contribution < 1.29 is 14.2 Å². The van der Waals surface area contributed by atoms with Gasteiger partial charge in [-0.2, -0.15) is 0 Å². The first-order valence-electron chi connectivity index (χ1n) is 9.80. The molecule has 0 saturated heterocycles. The molecule has 0 radical (unpaired) electrons. The zero-order chi connectivity index (χ0) is 19.4. The molecule has 0 saturated carbocycles. The quantitative estimate of drug-likeness (QED) is 0.375. The summed E-state index contributed by atoms with van der Waals surface area (Å²) in [4.78, 5) is 4.26. The van der Waals surface area contributed by atoms with Crippen LogP contribution in [0, 0.1) is 0 Å². The predicted molar refractivity (Wildman–Crippen MR) is 111 cm³/mol. The highest BCUT2D eigenvalue weighted by atomic mass is 16.7. The van der Waals surface area contributed by atoms with E-state index in [0.717, 1.165) is 63.0 Å². The molecule has 0 spiro atoms. The second-order valence-corrected chi connectivity index (χ2v) is 6.56. The van der Waals surface area contributed by atoms with Gasteiger partial charge in [-0.1, -0.05) is 36.4 Å². The maximum atomic E-state index is 5.71. The molecule has 0 unspecified atom stereocenters. The van der Waals surface area contributed by atoms with E-state index in [0.29, 0.717) is 6.79 Å². The molecule has 0 bridgehead atoms. The Bertz CT molecular complexity index is 750. The van der Waals surface area contributed by atoms with Gasteiger partial charge in [-0.15, -0.1) is 0 Å². The molecule has 1 heterocycles. The number of fused-ring (bicyclic) bond motifs is 1. The first-order chi connectivity index (χ1) is 13.8. The van der Waals surface area contributed by atoms with Gasteiger partial charge in [-0.25, -0.2) is 0 Å². The summed E-state index contributed by atoms with van der Waals surface area (Å²) in [7, 11) is 1.78. The Kier molecular flexibility index (Phi) is 8.00. The van der Waals surface area contributed by atoms with Crippen molar-refractivity contribution >= 4 is 5.96 Å². The van der Waals surface area contributed by atoms with E-state index in [9.17, 15) is 0 Å². The van der Waals surface area contributed by atoms with Crippen LogP contribution in [0.3, 0.4) is 0 Å². The smallest absolute Gasteiger partial charge is 0.231 e. The van der Waals surface area contributed by atoms with Gasteiger partial charge in [0.05, 0.1) is 6.61 Å². The normalized spacial score (nSPS) is 12.8. The second-order valence-electron chi connectivity index (χ2n) is 6.56. The van der Waals surface area contributed by atoms with Crippen LogP contribution in [0.25, 0.3) is 0 Å². The first kappa shape index (κ1) is 20.0. The second kappa shape index (κ2) is 11.2. The fourth-order valence-corrected chi connectivity index (χ4v) is 2.96. The third-order valence-electron chi connectivity index (χ3n) is 4.50. The van der Waals surface area contributed by atoms with Crippen LogP contribution in [-0.4, -0.2) is 46.1 Å². The monoisotopic (exact) mass is 383 g/mol. The SMILES string of the molecule is CN=C(NCCCOCCc1ccccc1)NCCc1ccc2c(c1)OCO2. The minimum Gasteiger partial charge on any atom is -0.454 e. The largest absolute Gasteiger partial charge is 0.454 e. The van der Waals surface area contributed by atoms with Crippen molar-refractivity contribution in [1.82, 2.24) is 10.6 Å². The molecule has 150 valence electrons. The fourth-order valence-electron chi connectivity index (χ4n) is 2.96. The number of hydrogen-bond donors (Lipinski definition) is 2. The highest BCUT2D eigenvalue weighted by Crippen LogP contribution is 2.32. The Morgan fingerprint density at radius 2 is 1.75 bits per heavy atom. The van der Waals surface area contributed by atoms with Crippen LogP contribution >= 0.6 is 0 Å². The Morgan fingerprint density at radius 3 is 2.61 bits per heavy atom. The molecule has 6 nitrogen and oxygen atoms in total. The highest BCUT2D eigenvalue weighted by Gasteiger charge is 2.12. The van der Waals surface area contributed by atoms with Gasteiger partial charge in [0.15, 0.2) is 17.5 Å². The number of hydrogen-bond acceptors (Lipinski definition) is 4. The third kappa shape index (κ3) is 6.46. The summed E-state index contributed by atoms with van der Waals surface area (Å²) in [6.07, 6.45) is 2.79. The summed E-state index contributed by atoms with van der Waals surface area (Å²) in [6.45, 7) is 3.44. The molecule has 0 amide bonds. The minimum atomic E-state index is 0.309. The summed E-state index contributed by atoms with van der Waals surface area (Å²) < 4.78 is 16.5. The molecule has 28 heavy (non-hydrogen) atoms. The lowest BCUT2D eigenvalue weighted by Crippen LogP contribution is -2.39. The zero-order valence-electron chi connectivity index (χ0n) is 16.4. The van der Waals surface area contributed by atoms with Crippen LogP contribution < -0.4 is 20.1 Å². The van der Waals surface area contributed by atoms with E-state index >= 15 is 0 Å². The van der Waals surface area contributed by atoms with Crippen LogP contribution in [-0.2, 0) is 17.6 Å². The molecular weight excluding hydrogens is 354 g/mol. The van der Waals surface area contributed by atoms with Crippen molar-refractivity contribution in [2.75, 3.05) is 40.1 Å². The Balaban J connectivity index is 1.23. The Labute approximate surface area is 166 Å². The van der Waals surface area contributed by atoms with Crippen LogP contribution in [0.5, 0.6) is 11.5 Å². The van der Waals surface area contributed by atoms with E-state index < -0.39 is 0 Å². The molecule has 1 aliphatic rings. The first-order valence-corrected chi connectivity index (χ1v) is 9.80. The van der Waals surface area contributed by atoms with E-state index in [1.165, 1.54) is 11.1 Å². The number of guanidine groups is 1. The lowest BCUT2D eigenvalue weighted by molar-refractivity contribution is 0.135. The van der Waals surface area contributed by atoms with Gasteiger partial charge in [0, 0.05) is 26.7 Å². The van der Waals surface area contributed by atoms with Crippen LogP contribution in [0.4, 0.5) is 0 Å². The summed E-state index contributed by atoms with van der Waals surface area (Å²) in [5.74, 6) is 2.46. The topological polar surface area (TPSA) is 64.1 Å². The number of aliphatic imine (C=N–C) groups is 1. The van der Waals surface area contributed by atoms with Gasteiger partial charge >= 0.3 is 0 Å². The zero-order valence-corrected chi connectivity index (χ0v) is 16.4. The van der Waals surface area contributed by atoms with Crippen molar-refractivity contribution in [2.45, 2.75) is 19.3 Å². The van der Waals surface area contributed by atoms with Gasteiger partial charge < -0.3 is 24.8 Å². The summed E-state index contributed by atoms with van der Waals surface area (Å²) >= 11 is 0. The Morgan fingerprint density at radius 1 is 0.929 bits per heavy atom. The van der Waals surface area contributed by atoms with Crippen molar-refractivity contribution in [3.8, 4) is 11.5 Å². The molecule has 1 aliphatic heterocycles. The van der Waals surface area contributed by atoms with Crippen LogP contribution in [0.2, 0.25) is 0 Å². The highest BCUT2D eigenvalue weighted by molar-refractivity contribution is 5.79. The van der Waals surface area contributed by atoms with Crippen molar-refractivity contribution in [3.05, 3.63) is 59.7 Å². The molecular formula is C22H29N3O3. The third-order valence-corrected chi connectivity index (χ3v) is 4.50. The van der Waals surface area contributed by atoms with Crippen LogP contribution in [0.1, 0.15) is 17.5 Å². The van der Waals surface area contributed by atoms with E-state index in [-0.39, 0.29) is 0 Å². The van der Waals surface area contributed by atoms with E-state index in [2.05, 4.69) is 46.0 Å². The van der Waals surface area contributed by atoms with Gasteiger partial charge in [-0.3, -0.25) is 4.99 Å². The molecule has 6 heteroatoms. The number of benzene rings is 2. The van der Waals surface area contributed by atoms with Crippen molar-refractivity contribution in [1.29, 1.82) is 0 Å². The molecule has 0 atom stereocenters. The molecule has 0 aromatic heterocycles. The van der Waals surface area contributed by atoms with Gasteiger partial charge in [0.1, 0.15) is 0 Å². The predicted octanol–water partition coefficient (Wildman–Crippen LogP) is 2.77. The van der Waals surface area contributed by atoms with Crippen molar-refractivity contribution in [3.63, 3.8) is 0 Å². The van der Waals surface area contributed by atoms with Gasteiger partial charge in [0.2, 0.25) is 6.79 Å². The average molecular weight is 383 g/mol. The molecule has 2 aromatic carbocycles.